The van der Waals surface area contributed by atoms with Gasteiger partial charge in [-0.05, 0) is 43.2 Å². The first kappa shape index (κ1) is 16.5. The molecule has 5 nitrogen and oxygen atoms in total. The Morgan fingerprint density at radius 2 is 2.24 bits per heavy atom. The van der Waals surface area contributed by atoms with Crippen LogP contribution in [0.5, 0.6) is 0 Å². The van der Waals surface area contributed by atoms with Crippen LogP contribution >= 0.6 is 22.7 Å². The lowest BCUT2D eigenvalue weighted by atomic mass is 9.99. The molecule has 1 amide bonds. The van der Waals surface area contributed by atoms with Crippen molar-refractivity contribution in [3.63, 3.8) is 0 Å². The van der Waals surface area contributed by atoms with Crippen LogP contribution in [0.25, 0.3) is 9.88 Å². The monoisotopic (exact) mass is 372 g/mol. The molecule has 3 aromatic rings. The molecule has 0 saturated carbocycles. The lowest BCUT2D eigenvalue weighted by Crippen LogP contribution is -2.44. The molecular weight excluding hydrogens is 352 g/mol. The van der Waals surface area contributed by atoms with Crippen LogP contribution in [0.4, 0.5) is 0 Å². The molecule has 130 valence electrons. The molecule has 1 aliphatic heterocycles. The first-order valence-corrected chi connectivity index (χ1v) is 10.3. The summed E-state index contributed by atoms with van der Waals surface area (Å²) in [6.45, 7) is 1.67. The van der Waals surface area contributed by atoms with E-state index in [1.165, 1.54) is 6.42 Å². The van der Waals surface area contributed by atoms with Crippen LogP contribution in [-0.2, 0) is 6.54 Å². The molecule has 3 aromatic heterocycles. The third-order valence-corrected chi connectivity index (χ3v) is 6.48. The van der Waals surface area contributed by atoms with Gasteiger partial charge in [0.25, 0.3) is 5.91 Å². The molecule has 0 bridgehead atoms. The van der Waals surface area contributed by atoms with Gasteiger partial charge in [-0.3, -0.25) is 9.48 Å². The Kier molecular flexibility index (Phi) is 4.94. The van der Waals surface area contributed by atoms with Crippen LogP contribution in [0.15, 0.2) is 41.4 Å². The molecule has 0 N–H and O–H groups in total. The van der Waals surface area contributed by atoms with Gasteiger partial charge >= 0.3 is 0 Å². The van der Waals surface area contributed by atoms with Gasteiger partial charge in [0.2, 0.25) is 0 Å². The topological polar surface area (TPSA) is 51.0 Å². The summed E-state index contributed by atoms with van der Waals surface area (Å²) in [4.78, 5) is 20.7. The molecule has 0 aromatic carbocycles. The number of thiophene rings is 1. The third-order valence-electron chi connectivity index (χ3n) is 4.59. The van der Waals surface area contributed by atoms with Crippen molar-refractivity contribution in [1.29, 1.82) is 0 Å². The molecule has 4 heterocycles. The number of thiazole rings is 1. The Bertz CT molecular complexity index is 810. The Hall–Kier alpha value is -1.99. The van der Waals surface area contributed by atoms with E-state index in [1.807, 2.05) is 44.7 Å². The van der Waals surface area contributed by atoms with E-state index in [1.54, 1.807) is 28.9 Å². The van der Waals surface area contributed by atoms with E-state index in [0.717, 1.165) is 42.2 Å². The van der Waals surface area contributed by atoms with Crippen molar-refractivity contribution in [1.82, 2.24) is 19.7 Å². The van der Waals surface area contributed by atoms with Gasteiger partial charge in [-0.2, -0.15) is 5.10 Å². The number of hydrogen-bond donors (Lipinski definition) is 0. The number of aromatic nitrogens is 3. The fourth-order valence-corrected chi connectivity index (χ4v) is 4.92. The number of likely N-dealkylation sites (tertiary alicyclic amines) is 1. The number of nitrogens with zero attached hydrogens (tertiary/aromatic N) is 4. The maximum atomic E-state index is 13.0. The zero-order chi connectivity index (χ0) is 17.1. The van der Waals surface area contributed by atoms with Crippen molar-refractivity contribution in [3.05, 3.63) is 47.0 Å². The largest absolute Gasteiger partial charge is 0.334 e. The predicted molar refractivity (Wildman–Crippen MR) is 101 cm³/mol. The highest BCUT2D eigenvalue weighted by Crippen LogP contribution is 2.29. The van der Waals surface area contributed by atoms with E-state index < -0.39 is 0 Å². The summed E-state index contributed by atoms with van der Waals surface area (Å²) in [5, 5.41) is 9.13. The van der Waals surface area contributed by atoms with Crippen LogP contribution in [-0.4, -0.2) is 38.2 Å². The molecule has 0 aliphatic carbocycles. The third kappa shape index (κ3) is 3.67. The maximum Gasteiger partial charge on any atom is 0.273 e. The standard InChI is InChI=1S/C18H20N4OS2/c23-18(15-13-25-17(20-15)16-6-3-12-24-16)22-10-2-1-5-14(22)7-11-21-9-4-8-19-21/h3-4,6,8-9,12-14H,1-2,5,7,10-11H2. The molecule has 0 radical (unpaired) electrons. The number of amides is 1. The number of carbonyl (C=O) groups is 1. The van der Waals surface area contributed by atoms with Crippen LogP contribution in [0.3, 0.4) is 0 Å². The molecule has 4 rings (SSSR count). The molecule has 0 spiro atoms. The van der Waals surface area contributed by atoms with Crippen molar-refractivity contribution in [2.75, 3.05) is 6.54 Å². The quantitative estimate of drug-likeness (QED) is 0.676. The van der Waals surface area contributed by atoms with Gasteiger partial charge in [0, 0.05) is 36.9 Å². The van der Waals surface area contributed by atoms with E-state index in [0.29, 0.717) is 5.69 Å². The van der Waals surface area contributed by atoms with Gasteiger partial charge in [0.15, 0.2) is 0 Å². The van der Waals surface area contributed by atoms with Crippen molar-refractivity contribution >= 4 is 28.6 Å². The average Bonchev–Trinajstić information content (AvgIpc) is 3.41. The van der Waals surface area contributed by atoms with E-state index in [-0.39, 0.29) is 11.9 Å². The summed E-state index contributed by atoms with van der Waals surface area (Å²) >= 11 is 3.21. The highest BCUT2D eigenvalue weighted by Gasteiger charge is 2.28. The number of piperidine rings is 1. The van der Waals surface area contributed by atoms with E-state index in [9.17, 15) is 4.79 Å². The molecule has 25 heavy (non-hydrogen) atoms. The fourth-order valence-electron chi connectivity index (χ4n) is 3.31. The van der Waals surface area contributed by atoms with Gasteiger partial charge in [0.1, 0.15) is 10.7 Å². The minimum atomic E-state index is 0.0734. The summed E-state index contributed by atoms with van der Waals surface area (Å²) in [5.74, 6) is 0.0734. The molecule has 1 aliphatic rings. The summed E-state index contributed by atoms with van der Waals surface area (Å²) in [6.07, 6.45) is 8.04. The summed E-state index contributed by atoms with van der Waals surface area (Å²) in [6, 6.07) is 6.27. The summed E-state index contributed by atoms with van der Waals surface area (Å²) in [7, 11) is 0. The number of rotatable bonds is 5. The maximum absolute atomic E-state index is 13.0. The first-order chi connectivity index (χ1) is 12.3. The second-order valence-corrected chi connectivity index (χ2v) is 8.03. The normalized spacial score (nSPS) is 17.8. The zero-order valence-corrected chi connectivity index (χ0v) is 15.5. The zero-order valence-electron chi connectivity index (χ0n) is 13.9. The van der Waals surface area contributed by atoms with Crippen molar-refractivity contribution in [2.24, 2.45) is 0 Å². The molecule has 7 heteroatoms. The van der Waals surface area contributed by atoms with Gasteiger partial charge < -0.3 is 4.90 Å². The number of aryl methyl sites for hydroxylation is 1. The fraction of sp³-hybridized carbons (Fsp3) is 0.389. The van der Waals surface area contributed by atoms with Gasteiger partial charge in [-0.25, -0.2) is 4.98 Å². The summed E-state index contributed by atoms with van der Waals surface area (Å²) < 4.78 is 1.94. The van der Waals surface area contributed by atoms with Crippen LogP contribution < -0.4 is 0 Å². The lowest BCUT2D eigenvalue weighted by Gasteiger charge is -2.35. The minimum absolute atomic E-state index is 0.0734. The van der Waals surface area contributed by atoms with Gasteiger partial charge in [-0.1, -0.05) is 6.07 Å². The van der Waals surface area contributed by atoms with Crippen LogP contribution in [0, 0.1) is 0 Å². The second-order valence-electron chi connectivity index (χ2n) is 6.22. The van der Waals surface area contributed by atoms with Crippen molar-refractivity contribution in [2.45, 2.75) is 38.3 Å². The molecule has 1 fully saturated rings. The van der Waals surface area contributed by atoms with E-state index in [4.69, 9.17) is 0 Å². The average molecular weight is 373 g/mol. The molecule has 1 unspecified atom stereocenters. The Balaban J connectivity index is 1.47. The minimum Gasteiger partial charge on any atom is -0.334 e. The number of carbonyl (C=O) groups excluding carboxylic acids is 1. The Labute approximate surface area is 154 Å². The van der Waals surface area contributed by atoms with Crippen molar-refractivity contribution in [3.8, 4) is 9.88 Å². The highest BCUT2D eigenvalue weighted by atomic mass is 32.1. The Morgan fingerprint density at radius 1 is 1.28 bits per heavy atom. The summed E-state index contributed by atoms with van der Waals surface area (Å²) in [5.41, 5.74) is 0.583. The highest BCUT2D eigenvalue weighted by molar-refractivity contribution is 7.20. The SMILES string of the molecule is O=C(c1csc(-c2cccs2)n1)N1CCCCC1CCn1cccn1. The molecular formula is C18H20N4OS2. The number of hydrogen-bond acceptors (Lipinski definition) is 5. The van der Waals surface area contributed by atoms with E-state index >= 15 is 0 Å². The lowest BCUT2D eigenvalue weighted by molar-refractivity contribution is 0.0589. The van der Waals surface area contributed by atoms with Crippen LogP contribution in [0.2, 0.25) is 0 Å². The van der Waals surface area contributed by atoms with Crippen molar-refractivity contribution < 1.29 is 4.79 Å². The predicted octanol–water partition coefficient (Wildman–Crippen LogP) is 4.15. The smallest absolute Gasteiger partial charge is 0.273 e. The van der Waals surface area contributed by atoms with Gasteiger partial charge in [0.05, 0.1) is 4.88 Å². The van der Waals surface area contributed by atoms with Gasteiger partial charge in [-0.15, -0.1) is 22.7 Å². The van der Waals surface area contributed by atoms with Crippen LogP contribution in [0.1, 0.15) is 36.2 Å². The molecule has 1 saturated heterocycles. The Morgan fingerprint density at radius 3 is 3.04 bits per heavy atom. The second kappa shape index (κ2) is 7.49. The molecule has 1 atom stereocenters. The van der Waals surface area contributed by atoms with E-state index in [2.05, 4.69) is 10.1 Å². The first-order valence-electron chi connectivity index (χ1n) is 8.59.